The second-order valence-electron chi connectivity index (χ2n) is 4.66. The molecule has 20 heavy (non-hydrogen) atoms. The molecule has 0 amide bonds. The van der Waals surface area contributed by atoms with Crippen molar-refractivity contribution >= 4 is 5.84 Å². The summed E-state index contributed by atoms with van der Waals surface area (Å²) in [4.78, 5) is 4.79. The van der Waals surface area contributed by atoms with Gasteiger partial charge in [-0.25, -0.2) is 0 Å². The molecule has 1 saturated heterocycles. The van der Waals surface area contributed by atoms with Crippen molar-refractivity contribution in [1.82, 2.24) is 4.90 Å². The molecule has 0 aromatic carbocycles. The maximum absolute atomic E-state index is 12.5. The first-order valence-electron chi connectivity index (χ1n) is 6.21. The zero-order chi connectivity index (χ0) is 15.4. The van der Waals surface area contributed by atoms with Gasteiger partial charge in [-0.1, -0.05) is 0 Å². The molecule has 1 heterocycles. The number of amidine groups is 1. The molecule has 0 aliphatic carbocycles. The molecule has 1 fully saturated rings. The van der Waals surface area contributed by atoms with Crippen LogP contribution in [0.5, 0.6) is 0 Å². The van der Waals surface area contributed by atoms with Crippen LogP contribution < -0.4 is 0 Å². The topological polar surface area (TPSA) is 15.6 Å². The van der Waals surface area contributed by atoms with E-state index in [0.29, 0.717) is 19.2 Å². The molecular weight excluding hydrogens is 286 g/mol. The fraction of sp³-hybridized carbons (Fsp3) is 0.750. The molecular formula is C12H16F6N2. The largest absolute Gasteiger partial charge is 0.412 e. The highest BCUT2D eigenvalue weighted by molar-refractivity contribution is 5.93. The third-order valence-corrected chi connectivity index (χ3v) is 2.89. The minimum atomic E-state index is -4.56. The van der Waals surface area contributed by atoms with E-state index in [9.17, 15) is 26.3 Å². The van der Waals surface area contributed by atoms with Gasteiger partial charge in [0.15, 0.2) is 0 Å². The number of hydrogen-bond acceptors (Lipinski definition) is 1. The Hall–Kier alpha value is -1.21. The van der Waals surface area contributed by atoms with Gasteiger partial charge in [0.05, 0.1) is 0 Å². The van der Waals surface area contributed by atoms with Crippen LogP contribution >= 0.6 is 0 Å². The lowest BCUT2D eigenvalue weighted by atomic mass is 10.1. The fourth-order valence-electron chi connectivity index (χ4n) is 1.81. The van der Waals surface area contributed by atoms with Crippen LogP contribution in [0.1, 0.15) is 26.2 Å². The molecule has 0 saturated carbocycles. The summed E-state index contributed by atoms with van der Waals surface area (Å²) >= 11 is 0. The Morgan fingerprint density at radius 2 is 1.60 bits per heavy atom. The number of rotatable bonds is 2. The summed E-state index contributed by atoms with van der Waals surface area (Å²) < 4.78 is 74.0. The van der Waals surface area contributed by atoms with Crippen LogP contribution in [0, 0.1) is 0 Å². The van der Waals surface area contributed by atoms with Gasteiger partial charge in [0.25, 0.3) is 0 Å². The predicted molar refractivity (Wildman–Crippen MR) is 63.6 cm³/mol. The number of allylic oxidation sites excluding steroid dienone is 1. The summed E-state index contributed by atoms with van der Waals surface area (Å²) in [6.45, 7) is 0.212. The van der Waals surface area contributed by atoms with Crippen molar-refractivity contribution in [2.24, 2.45) is 4.99 Å². The van der Waals surface area contributed by atoms with Gasteiger partial charge in [-0.15, -0.1) is 0 Å². The summed E-state index contributed by atoms with van der Waals surface area (Å²) in [5.74, 6) is -0.239. The van der Waals surface area contributed by atoms with Gasteiger partial charge in [0.2, 0.25) is 0 Å². The number of aliphatic imine (C=N–C) groups is 1. The van der Waals surface area contributed by atoms with E-state index in [4.69, 9.17) is 0 Å². The maximum atomic E-state index is 12.5. The van der Waals surface area contributed by atoms with Gasteiger partial charge in [-0.05, 0) is 32.3 Å². The molecule has 1 aliphatic rings. The zero-order valence-electron chi connectivity index (χ0n) is 11.0. The number of halogens is 6. The lowest BCUT2D eigenvalue weighted by Gasteiger charge is -2.29. The molecule has 0 aromatic heterocycles. The van der Waals surface area contributed by atoms with Crippen LogP contribution in [0.15, 0.2) is 16.6 Å². The lowest BCUT2D eigenvalue weighted by Crippen LogP contribution is -2.36. The van der Waals surface area contributed by atoms with E-state index in [-0.39, 0.29) is 5.84 Å². The first-order valence-corrected chi connectivity index (χ1v) is 6.21. The van der Waals surface area contributed by atoms with Crippen LogP contribution in [0.4, 0.5) is 26.3 Å². The smallest absolute Gasteiger partial charge is 0.357 e. The third kappa shape index (κ3) is 5.83. The molecule has 0 bridgehead atoms. The van der Waals surface area contributed by atoms with Crippen molar-refractivity contribution in [2.75, 3.05) is 19.6 Å². The number of nitrogens with zero attached hydrogens (tertiary/aromatic N) is 2. The molecule has 2 nitrogen and oxygen atoms in total. The van der Waals surface area contributed by atoms with Gasteiger partial charge >= 0.3 is 12.4 Å². The summed E-state index contributed by atoms with van der Waals surface area (Å²) in [5, 5.41) is 0. The molecule has 0 spiro atoms. The average molecular weight is 302 g/mol. The number of likely N-dealkylation sites (tertiary alicyclic amines) is 1. The summed E-state index contributed by atoms with van der Waals surface area (Å²) in [7, 11) is 0. The van der Waals surface area contributed by atoms with Gasteiger partial charge in [0, 0.05) is 18.7 Å². The molecule has 0 N–H and O–H groups in total. The SMILES string of the molecule is C/C(=C\C(=NCC(F)(F)F)N1CCCCC1)C(F)(F)F. The average Bonchev–Trinajstić information content (AvgIpc) is 2.33. The molecule has 0 unspecified atom stereocenters. The van der Waals surface area contributed by atoms with Crippen molar-refractivity contribution < 1.29 is 26.3 Å². The maximum Gasteiger partial charge on any atom is 0.412 e. The van der Waals surface area contributed by atoms with E-state index in [0.717, 1.165) is 26.2 Å². The number of piperidine rings is 1. The molecule has 8 heteroatoms. The highest BCUT2D eigenvalue weighted by atomic mass is 19.4. The van der Waals surface area contributed by atoms with E-state index in [1.54, 1.807) is 0 Å². The summed E-state index contributed by atoms with van der Waals surface area (Å²) in [6, 6.07) is 0. The third-order valence-electron chi connectivity index (χ3n) is 2.89. The molecule has 1 rings (SSSR count). The Morgan fingerprint density at radius 1 is 1.05 bits per heavy atom. The Bertz CT molecular complexity index is 374. The Kier molecular flexibility index (Phi) is 5.47. The Balaban J connectivity index is 2.95. The molecule has 1 aliphatic heterocycles. The van der Waals surface area contributed by atoms with Gasteiger partial charge < -0.3 is 4.90 Å². The highest BCUT2D eigenvalue weighted by Gasteiger charge is 2.32. The van der Waals surface area contributed by atoms with Gasteiger partial charge in [-0.3, -0.25) is 4.99 Å². The zero-order valence-corrected chi connectivity index (χ0v) is 11.0. The Morgan fingerprint density at radius 3 is 2.05 bits per heavy atom. The molecule has 0 radical (unpaired) electrons. The van der Waals surface area contributed by atoms with Crippen LogP contribution in [-0.2, 0) is 0 Å². The van der Waals surface area contributed by atoms with E-state index in [1.807, 2.05) is 0 Å². The van der Waals surface area contributed by atoms with E-state index < -0.39 is 24.5 Å². The van der Waals surface area contributed by atoms with Crippen molar-refractivity contribution in [3.8, 4) is 0 Å². The van der Waals surface area contributed by atoms with E-state index >= 15 is 0 Å². The Labute approximate surface area is 113 Å². The number of alkyl halides is 6. The second-order valence-corrected chi connectivity index (χ2v) is 4.66. The number of hydrogen-bond donors (Lipinski definition) is 0. The molecule has 0 aromatic rings. The predicted octanol–water partition coefficient (Wildman–Crippen LogP) is 3.94. The van der Waals surface area contributed by atoms with Crippen LogP contribution in [-0.4, -0.2) is 42.7 Å². The second kappa shape index (κ2) is 6.49. The van der Waals surface area contributed by atoms with Crippen molar-refractivity contribution in [3.63, 3.8) is 0 Å². The molecule has 116 valence electrons. The van der Waals surface area contributed by atoms with Crippen molar-refractivity contribution in [1.29, 1.82) is 0 Å². The highest BCUT2D eigenvalue weighted by Crippen LogP contribution is 2.25. The summed E-state index contributed by atoms with van der Waals surface area (Å²) in [6.07, 6.45) is -5.99. The first kappa shape index (κ1) is 16.8. The van der Waals surface area contributed by atoms with Crippen molar-refractivity contribution in [3.05, 3.63) is 11.6 Å². The van der Waals surface area contributed by atoms with Crippen LogP contribution in [0.2, 0.25) is 0 Å². The fourth-order valence-corrected chi connectivity index (χ4v) is 1.81. The standard InChI is InChI=1S/C12H16F6N2/c1-9(12(16,17)18)7-10(19-8-11(13,14)15)20-5-3-2-4-6-20/h7H,2-6,8H2,1H3/b9-7+,19-10?. The van der Waals surface area contributed by atoms with E-state index in [2.05, 4.69) is 4.99 Å². The van der Waals surface area contributed by atoms with E-state index in [1.165, 1.54) is 4.90 Å². The van der Waals surface area contributed by atoms with Crippen molar-refractivity contribution in [2.45, 2.75) is 38.5 Å². The monoisotopic (exact) mass is 302 g/mol. The summed E-state index contributed by atoms with van der Waals surface area (Å²) in [5.41, 5.74) is -0.955. The quantitative estimate of drug-likeness (QED) is 0.428. The van der Waals surface area contributed by atoms with Gasteiger partial charge in [-0.2, -0.15) is 26.3 Å². The van der Waals surface area contributed by atoms with Crippen LogP contribution in [0.3, 0.4) is 0 Å². The first-order chi connectivity index (χ1) is 9.09. The lowest BCUT2D eigenvalue weighted by molar-refractivity contribution is -0.118. The van der Waals surface area contributed by atoms with Crippen LogP contribution in [0.25, 0.3) is 0 Å². The molecule has 0 atom stereocenters. The normalized spacial score (nSPS) is 19.4. The van der Waals surface area contributed by atoms with Gasteiger partial charge in [0.1, 0.15) is 12.4 Å². The minimum Gasteiger partial charge on any atom is -0.357 e. The minimum absolute atomic E-state index is 0.239.